The second kappa shape index (κ2) is 8.10. The van der Waals surface area contributed by atoms with Crippen molar-refractivity contribution in [3.8, 4) is 0 Å². The number of nitro groups is 1. The molecule has 1 atom stereocenters. The number of nitrogens with one attached hydrogen (secondary N) is 2. The zero-order valence-electron chi connectivity index (χ0n) is 11.2. The van der Waals surface area contributed by atoms with Crippen LogP contribution in [0.15, 0.2) is 24.3 Å². The first-order valence-electron chi connectivity index (χ1n) is 5.97. The number of carboxylic acids is 1. The van der Waals surface area contributed by atoms with Gasteiger partial charge in [-0.25, -0.2) is 9.59 Å². The number of benzene rings is 1. The number of rotatable bonds is 7. The second-order valence-electron chi connectivity index (χ2n) is 4.08. The minimum absolute atomic E-state index is 0.162. The lowest BCUT2D eigenvalue weighted by atomic mass is 10.2. The van der Waals surface area contributed by atoms with Crippen LogP contribution in [0.5, 0.6) is 0 Å². The fraction of sp³-hybridized carbons (Fsp3) is 0.333. The summed E-state index contributed by atoms with van der Waals surface area (Å²) in [7, 11) is 0. The molecule has 0 aliphatic heterocycles. The number of aliphatic carboxylic acids is 1. The molecule has 1 aromatic carbocycles. The van der Waals surface area contributed by atoms with Gasteiger partial charge in [-0.2, -0.15) is 11.8 Å². The van der Waals surface area contributed by atoms with Crippen LogP contribution >= 0.6 is 11.8 Å². The van der Waals surface area contributed by atoms with Crippen molar-refractivity contribution in [1.29, 1.82) is 0 Å². The minimum Gasteiger partial charge on any atom is -0.480 e. The maximum atomic E-state index is 11.7. The summed E-state index contributed by atoms with van der Waals surface area (Å²) in [4.78, 5) is 32.7. The van der Waals surface area contributed by atoms with E-state index in [9.17, 15) is 19.7 Å². The average molecular weight is 313 g/mol. The van der Waals surface area contributed by atoms with Gasteiger partial charge in [0.05, 0.1) is 4.92 Å². The number of non-ortho nitro benzene ring substituents is 1. The van der Waals surface area contributed by atoms with Gasteiger partial charge in [-0.15, -0.1) is 0 Å². The van der Waals surface area contributed by atoms with Crippen LogP contribution in [0, 0.1) is 10.1 Å². The first kappa shape index (κ1) is 16.8. The van der Waals surface area contributed by atoms with Crippen LogP contribution in [0.4, 0.5) is 16.2 Å². The van der Waals surface area contributed by atoms with E-state index in [4.69, 9.17) is 5.11 Å². The Kier molecular flexibility index (Phi) is 6.47. The van der Waals surface area contributed by atoms with Gasteiger partial charge in [-0.3, -0.25) is 10.1 Å². The Morgan fingerprint density at radius 1 is 1.48 bits per heavy atom. The van der Waals surface area contributed by atoms with Crippen molar-refractivity contribution in [1.82, 2.24) is 5.32 Å². The van der Waals surface area contributed by atoms with Gasteiger partial charge < -0.3 is 15.7 Å². The van der Waals surface area contributed by atoms with Gasteiger partial charge in [0, 0.05) is 17.8 Å². The summed E-state index contributed by atoms with van der Waals surface area (Å²) in [6.45, 7) is 0. The molecule has 0 heterocycles. The number of amides is 2. The van der Waals surface area contributed by atoms with E-state index in [-0.39, 0.29) is 11.4 Å². The van der Waals surface area contributed by atoms with E-state index < -0.39 is 23.0 Å². The monoisotopic (exact) mass is 313 g/mol. The summed E-state index contributed by atoms with van der Waals surface area (Å²) >= 11 is 1.47. The summed E-state index contributed by atoms with van der Waals surface area (Å²) in [5.74, 6) is -0.535. The van der Waals surface area contributed by atoms with Gasteiger partial charge in [0.2, 0.25) is 0 Å². The third kappa shape index (κ3) is 5.69. The summed E-state index contributed by atoms with van der Waals surface area (Å²) in [5.41, 5.74) is 0.0562. The molecule has 0 bridgehead atoms. The van der Waals surface area contributed by atoms with E-state index >= 15 is 0 Å². The number of hydrogen-bond donors (Lipinski definition) is 3. The molecule has 0 radical (unpaired) electrons. The van der Waals surface area contributed by atoms with Crippen LogP contribution in [0.2, 0.25) is 0 Å². The molecular formula is C12H15N3O5S. The number of hydrogen-bond acceptors (Lipinski definition) is 5. The molecule has 0 saturated heterocycles. The first-order valence-corrected chi connectivity index (χ1v) is 7.37. The lowest BCUT2D eigenvalue weighted by Gasteiger charge is -2.14. The fourth-order valence-corrected chi connectivity index (χ4v) is 1.99. The Hall–Kier alpha value is -2.29. The van der Waals surface area contributed by atoms with Gasteiger partial charge in [0.25, 0.3) is 5.69 Å². The number of thioether (sulfide) groups is 1. The standard InChI is InChI=1S/C12H15N3O5S/c1-21-6-5-10(11(16)17)14-12(18)13-8-3-2-4-9(7-8)15(19)20/h2-4,7,10H,5-6H2,1H3,(H,16,17)(H2,13,14,18)/t10-/m0/s1. The highest BCUT2D eigenvalue weighted by molar-refractivity contribution is 7.98. The first-order chi connectivity index (χ1) is 9.93. The van der Waals surface area contributed by atoms with Gasteiger partial charge in [0.1, 0.15) is 6.04 Å². The molecule has 3 N–H and O–H groups in total. The molecule has 1 rings (SSSR count). The summed E-state index contributed by atoms with van der Waals surface area (Å²) in [6.07, 6.45) is 2.13. The maximum absolute atomic E-state index is 11.7. The van der Waals surface area contributed by atoms with Crippen LogP contribution in [-0.2, 0) is 4.79 Å². The van der Waals surface area contributed by atoms with Crippen LogP contribution in [0.1, 0.15) is 6.42 Å². The molecule has 8 nitrogen and oxygen atoms in total. The normalized spacial score (nSPS) is 11.5. The van der Waals surface area contributed by atoms with Gasteiger partial charge >= 0.3 is 12.0 Å². The van der Waals surface area contributed by atoms with Crippen molar-refractivity contribution < 1.29 is 19.6 Å². The SMILES string of the molecule is CSCC[C@H](NC(=O)Nc1cccc([N+](=O)[O-])c1)C(=O)O. The lowest BCUT2D eigenvalue weighted by Crippen LogP contribution is -2.43. The lowest BCUT2D eigenvalue weighted by molar-refractivity contribution is -0.384. The Balaban J connectivity index is 2.65. The molecule has 21 heavy (non-hydrogen) atoms. The van der Waals surface area contributed by atoms with Crippen LogP contribution in [0.3, 0.4) is 0 Å². The zero-order valence-corrected chi connectivity index (χ0v) is 12.1. The van der Waals surface area contributed by atoms with Crippen LogP contribution in [-0.4, -0.2) is 40.1 Å². The van der Waals surface area contributed by atoms with Gasteiger partial charge in [-0.05, 0) is 24.5 Å². The number of nitro benzene ring substituents is 1. The molecule has 1 aromatic rings. The van der Waals surface area contributed by atoms with E-state index in [1.54, 1.807) is 0 Å². The highest BCUT2D eigenvalue weighted by Crippen LogP contribution is 2.16. The predicted molar refractivity (Wildman–Crippen MR) is 79.7 cm³/mol. The number of carbonyl (C=O) groups excluding carboxylic acids is 1. The molecule has 0 spiro atoms. The molecule has 0 aromatic heterocycles. The van der Waals surface area contributed by atoms with Gasteiger partial charge in [-0.1, -0.05) is 6.07 Å². The number of anilines is 1. The quantitative estimate of drug-likeness (QED) is 0.522. The van der Waals surface area contributed by atoms with Gasteiger partial charge in [0.15, 0.2) is 0 Å². The molecule has 114 valence electrons. The predicted octanol–water partition coefficient (Wildman–Crippen LogP) is 1.92. The molecule has 0 saturated carbocycles. The third-order valence-corrected chi connectivity index (χ3v) is 3.17. The highest BCUT2D eigenvalue weighted by Gasteiger charge is 2.19. The number of nitrogens with zero attached hydrogens (tertiary/aromatic N) is 1. The molecule has 0 aliphatic carbocycles. The van der Waals surface area contributed by atoms with E-state index in [2.05, 4.69) is 10.6 Å². The molecule has 2 amide bonds. The van der Waals surface area contributed by atoms with Crippen LogP contribution in [0.25, 0.3) is 0 Å². The fourth-order valence-electron chi connectivity index (χ4n) is 1.52. The van der Waals surface area contributed by atoms with Crippen molar-refractivity contribution in [2.24, 2.45) is 0 Å². The summed E-state index contributed by atoms with van der Waals surface area (Å²) in [5, 5.41) is 24.3. The van der Waals surface area contributed by atoms with Crippen molar-refractivity contribution in [2.45, 2.75) is 12.5 Å². The van der Waals surface area contributed by atoms with E-state index in [1.807, 2.05) is 6.26 Å². The second-order valence-corrected chi connectivity index (χ2v) is 5.06. The molecule has 0 fully saturated rings. The molecular weight excluding hydrogens is 298 g/mol. The zero-order chi connectivity index (χ0) is 15.8. The molecule has 0 aliphatic rings. The number of urea groups is 1. The topological polar surface area (TPSA) is 122 Å². The van der Waals surface area contributed by atoms with E-state index in [0.29, 0.717) is 12.2 Å². The highest BCUT2D eigenvalue weighted by atomic mass is 32.2. The maximum Gasteiger partial charge on any atom is 0.326 e. The summed E-state index contributed by atoms with van der Waals surface area (Å²) < 4.78 is 0. The van der Waals surface area contributed by atoms with Crippen LogP contribution < -0.4 is 10.6 Å². The van der Waals surface area contributed by atoms with Crippen molar-refractivity contribution in [2.75, 3.05) is 17.3 Å². The molecule has 9 heteroatoms. The van der Waals surface area contributed by atoms with E-state index in [1.165, 1.54) is 36.0 Å². The smallest absolute Gasteiger partial charge is 0.326 e. The third-order valence-electron chi connectivity index (χ3n) is 2.53. The summed E-state index contributed by atoms with van der Waals surface area (Å²) in [6, 6.07) is 3.67. The Morgan fingerprint density at radius 2 is 2.19 bits per heavy atom. The Bertz CT molecular complexity index is 537. The van der Waals surface area contributed by atoms with Crippen molar-refractivity contribution in [3.63, 3.8) is 0 Å². The largest absolute Gasteiger partial charge is 0.480 e. The molecule has 0 unspecified atom stereocenters. The average Bonchev–Trinajstić information content (AvgIpc) is 2.43. The van der Waals surface area contributed by atoms with Crippen molar-refractivity contribution >= 4 is 35.1 Å². The Morgan fingerprint density at radius 3 is 2.76 bits per heavy atom. The van der Waals surface area contributed by atoms with Crippen molar-refractivity contribution in [3.05, 3.63) is 34.4 Å². The number of carboxylic acid groups (broad SMARTS) is 1. The Labute approximate surface area is 125 Å². The minimum atomic E-state index is -1.13. The van der Waals surface area contributed by atoms with E-state index in [0.717, 1.165) is 0 Å². The number of carbonyl (C=O) groups is 2.